The summed E-state index contributed by atoms with van der Waals surface area (Å²) >= 11 is 0. The molecule has 2 aliphatic rings. The van der Waals surface area contributed by atoms with E-state index in [1.165, 1.54) is 24.5 Å². The predicted molar refractivity (Wildman–Crippen MR) is 131 cm³/mol. The number of ether oxygens (including phenoxy) is 1. The second-order valence-electron chi connectivity index (χ2n) is 9.68. The summed E-state index contributed by atoms with van der Waals surface area (Å²) < 4.78 is 41.6. The zero-order chi connectivity index (χ0) is 24.9. The molecule has 1 saturated carbocycles. The molecule has 5 atom stereocenters. The van der Waals surface area contributed by atoms with Gasteiger partial charge in [0, 0.05) is 25.7 Å². The summed E-state index contributed by atoms with van der Waals surface area (Å²) in [5, 5.41) is 14.9. The van der Waals surface area contributed by atoms with Gasteiger partial charge >= 0.3 is 10.3 Å². The molecule has 0 bridgehead atoms. The lowest BCUT2D eigenvalue weighted by molar-refractivity contribution is 0.00375. The number of likely N-dealkylation sites (N-methyl/N-ethyl adjacent to an activating group) is 1. The van der Waals surface area contributed by atoms with Crippen LogP contribution in [0.25, 0.3) is 11.0 Å². The number of benzene rings is 1. The Bertz CT molecular complexity index is 1330. The van der Waals surface area contributed by atoms with Crippen molar-refractivity contribution in [1.82, 2.24) is 18.8 Å². The number of nitrogens with zero attached hydrogens (tertiary/aromatic N) is 4. The van der Waals surface area contributed by atoms with Crippen LogP contribution >= 0.6 is 0 Å². The highest BCUT2D eigenvalue weighted by Crippen LogP contribution is 2.39. The van der Waals surface area contributed by atoms with Crippen LogP contribution < -0.4 is 5.32 Å². The number of rotatable bonds is 7. The molecule has 0 saturated heterocycles. The highest BCUT2D eigenvalue weighted by atomic mass is 32.2. The Labute approximate surface area is 204 Å². The first-order chi connectivity index (χ1) is 16.6. The van der Waals surface area contributed by atoms with E-state index in [1.807, 2.05) is 42.8 Å². The zero-order valence-electron chi connectivity index (χ0n) is 19.9. The normalized spacial score (nSPS) is 26.7. The van der Waals surface area contributed by atoms with E-state index in [-0.39, 0.29) is 24.3 Å². The van der Waals surface area contributed by atoms with Crippen molar-refractivity contribution in [3.8, 4) is 0 Å². The van der Waals surface area contributed by atoms with Crippen molar-refractivity contribution in [2.75, 3.05) is 12.4 Å². The summed E-state index contributed by atoms with van der Waals surface area (Å²) in [6.45, 7) is 4.07. The third-order valence-electron chi connectivity index (χ3n) is 7.13. The van der Waals surface area contributed by atoms with Gasteiger partial charge in [-0.1, -0.05) is 24.3 Å². The van der Waals surface area contributed by atoms with Gasteiger partial charge in [0.1, 0.15) is 17.8 Å². The Hall–Kier alpha value is -2.57. The molecule has 35 heavy (non-hydrogen) atoms. The lowest BCUT2D eigenvalue weighted by atomic mass is 10.1. The number of anilines is 1. The zero-order valence-corrected chi connectivity index (χ0v) is 20.8. The molecule has 0 amide bonds. The summed E-state index contributed by atoms with van der Waals surface area (Å²) in [5.41, 5.74) is 3.15. The molecule has 2 heterocycles. The van der Waals surface area contributed by atoms with Crippen molar-refractivity contribution < 1.29 is 22.8 Å². The van der Waals surface area contributed by atoms with E-state index in [9.17, 15) is 18.1 Å². The smallest absolute Gasteiger partial charge is 0.335 e. The fourth-order valence-electron chi connectivity index (χ4n) is 5.49. The monoisotopic (exact) mass is 501 g/mol. The van der Waals surface area contributed by atoms with Crippen LogP contribution in [0.4, 0.5) is 5.82 Å². The quantitative estimate of drug-likeness (QED) is 0.422. The van der Waals surface area contributed by atoms with E-state index >= 15 is 0 Å². The third kappa shape index (κ3) is 4.54. The number of aromatic nitrogens is 3. The molecule has 10 nitrogen and oxygen atoms in total. The number of hydrogen-bond donors (Lipinski definition) is 3. The molecule has 0 unspecified atom stereocenters. The average molecular weight is 502 g/mol. The molecule has 3 N–H and O–H groups in total. The Morgan fingerprint density at radius 2 is 1.97 bits per heavy atom. The minimum atomic E-state index is -4.40. The number of aliphatic hydroxyl groups excluding tert-OH is 1. The topological polar surface area (TPSA) is 130 Å². The molecule has 1 aromatic carbocycles. The van der Waals surface area contributed by atoms with Crippen molar-refractivity contribution in [3.05, 3.63) is 54.0 Å². The van der Waals surface area contributed by atoms with E-state index in [4.69, 9.17) is 4.74 Å². The minimum Gasteiger partial charge on any atom is -0.391 e. The maximum Gasteiger partial charge on any atom is 0.335 e. The molecule has 11 heteroatoms. The minimum absolute atomic E-state index is 0.0267. The second kappa shape index (κ2) is 9.14. The molecule has 188 valence electrons. The SMILES string of the molecule is CC(C)O[C@H]1Cc2ccccc2[C@H]1Nc1ncnc2c1ccn2[C@H]1C[C@H](O)[C@@H](N(C)S(=O)(=O)O)C1. The molecular weight excluding hydrogens is 470 g/mol. The molecule has 3 aromatic rings. The highest BCUT2D eigenvalue weighted by Gasteiger charge is 2.40. The van der Waals surface area contributed by atoms with Crippen LogP contribution in [0.5, 0.6) is 0 Å². The molecule has 0 radical (unpaired) electrons. The molecule has 1 fully saturated rings. The number of hydrogen-bond acceptors (Lipinski definition) is 7. The van der Waals surface area contributed by atoms with Crippen LogP contribution in [0.1, 0.15) is 49.9 Å². The van der Waals surface area contributed by atoms with Crippen LogP contribution in [0.3, 0.4) is 0 Å². The van der Waals surface area contributed by atoms with Crippen molar-refractivity contribution in [3.63, 3.8) is 0 Å². The van der Waals surface area contributed by atoms with Gasteiger partial charge in [0.25, 0.3) is 0 Å². The van der Waals surface area contributed by atoms with Crippen molar-refractivity contribution in [1.29, 1.82) is 0 Å². The van der Waals surface area contributed by atoms with E-state index in [0.717, 1.165) is 16.1 Å². The number of aliphatic hydroxyl groups is 1. The summed E-state index contributed by atoms with van der Waals surface area (Å²) in [5.74, 6) is 0.693. The van der Waals surface area contributed by atoms with Gasteiger partial charge in [-0.3, -0.25) is 4.55 Å². The summed E-state index contributed by atoms with van der Waals surface area (Å²) in [4.78, 5) is 9.02. The van der Waals surface area contributed by atoms with Crippen LogP contribution in [0.2, 0.25) is 0 Å². The molecule has 2 aliphatic carbocycles. The number of fused-ring (bicyclic) bond motifs is 2. The van der Waals surface area contributed by atoms with Gasteiger partial charge in [-0.25, -0.2) is 9.97 Å². The number of nitrogens with one attached hydrogen (secondary N) is 1. The predicted octanol–water partition coefficient (Wildman–Crippen LogP) is 2.73. The largest absolute Gasteiger partial charge is 0.391 e. The maximum atomic E-state index is 11.6. The van der Waals surface area contributed by atoms with Crippen LogP contribution in [-0.4, -0.2) is 68.3 Å². The Balaban J connectivity index is 1.44. The molecular formula is C24H31N5O5S. The van der Waals surface area contributed by atoms with Gasteiger partial charge in [0.05, 0.1) is 35.8 Å². The first-order valence-corrected chi connectivity index (χ1v) is 13.2. The van der Waals surface area contributed by atoms with Crippen LogP contribution in [-0.2, 0) is 21.5 Å². The maximum absolute atomic E-state index is 11.6. The summed E-state index contributed by atoms with van der Waals surface area (Å²) in [7, 11) is -3.12. The van der Waals surface area contributed by atoms with E-state index in [2.05, 4.69) is 27.4 Å². The van der Waals surface area contributed by atoms with Crippen molar-refractivity contribution >= 4 is 27.2 Å². The standard InChI is InChI=1S/C24H31N5O5S/c1-14(2)34-21-10-15-6-4-5-7-17(15)22(21)27-23-18-8-9-29(24(18)26-13-25-23)16-11-19(20(30)12-16)28(3)35(31,32)33/h4-9,13-14,16,19-22,30H,10-12H2,1-3H3,(H,25,26,27)(H,31,32,33)/t16-,19+,20+,21+,22-/m1/s1. The van der Waals surface area contributed by atoms with Gasteiger partial charge < -0.3 is 19.7 Å². The lowest BCUT2D eigenvalue weighted by Gasteiger charge is -2.25. The molecule has 5 rings (SSSR count). The molecule has 0 aliphatic heterocycles. The van der Waals surface area contributed by atoms with Gasteiger partial charge in [0.15, 0.2) is 0 Å². The Kier molecular flexibility index (Phi) is 6.30. The molecule has 2 aromatic heterocycles. The van der Waals surface area contributed by atoms with Gasteiger partial charge in [-0.2, -0.15) is 12.7 Å². The second-order valence-corrected chi connectivity index (χ2v) is 11.2. The van der Waals surface area contributed by atoms with Gasteiger partial charge in [-0.15, -0.1) is 0 Å². The van der Waals surface area contributed by atoms with Crippen LogP contribution in [0.15, 0.2) is 42.9 Å². The van der Waals surface area contributed by atoms with Crippen molar-refractivity contribution in [2.45, 2.75) is 69.5 Å². The van der Waals surface area contributed by atoms with Crippen LogP contribution in [0, 0.1) is 0 Å². The lowest BCUT2D eigenvalue weighted by Crippen LogP contribution is -2.41. The average Bonchev–Trinajstić information content (AvgIpc) is 3.48. The fourth-order valence-corrected chi connectivity index (χ4v) is 6.06. The van der Waals surface area contributed by atoms with E-state index in [0.29, 0.717) is 24.3 Å². The van der Waals surface area contributed by atoms with Gasteiger partial charge in [0.2, 0.25) is 0 Å². The van der Waals surface area contributed by atoms with E-state index in [1.54, 1.807) is 0 Å². The fraction of sp³-hybridized carbons (Fsp3) is 0.500. The Morgan fingerprint density at radius 1 is 1.20 bits per heavy atom. The summed E-state index contributed by atoms with van der Waals surface area (Å²) in [6, 6.07) is 9.30. The Morgan fingerprint density at radius 3 is 2.71 bits per heavy atom. The van der Waals surface area contributed by atoms with Crippen molar-refractivity contribution in [2.24, 2.45) is 0 Å². The first-order valence-electron chi connectivity index (χ1n) is 11.8. The molecule has 0 spiro atoms. The third-order valence-corrected chi connectivity index (χ3v) is 8.13. The van der Waals surface area contributed by atoms with E-state index < -0.39 is 22.4 Å². The first kappa shape index (κ1) is 24.1. The highest BCUT2D eigenvalue weighted by molar-refractivity contribution is 7.83. The summed E-state index contributed by atoms with van der Waals surface area (Å²) in [6.07, 6.45) is 4.09. The van der Waals surface area contributed by atoms with Gasteiger partial charge in [-0.05, 0) is 43.9 Å².